The molecule has 3 aromatic rings. The number of para-hydroxylation sites is 1. The summed E-state index contributed by atoms with van der Waals surface area (Å²) in [5.74, 6) is 1.77. The Kier molecular flexibility index (Phi) is 10.3. The molecule has 1 aromatic carbocycles. The summed E-state index contributed by atoms with van der Waals surface area (Å²) in [7, 11) is 4.05. The van der Waals surface area contributed by atoms with E-state index in [0.717, 1.165) is 49.9 Å². The zero-order valence-corrected chi connectivity index (χ0v) is 20.0. The van der Waals surface area contributed by atoms with Gasteiger partial charge in [0, 0.05) is 52.0 Å². The maximum atomic E-state index is 5.40. The summed E-state index contributed by atoms with van der Waals surface area (Å²) in [6.45, 7) is 3.15. The van der Waals surface area contributed by atoms with Gasteiger partial charge in [-0.15, -0.1) is 24.0 Å². The fourth-order valence-electron chi connectivity index (χ4n) is 2.98. The van der Waals surface area contributed by atoms with Crippen molar-refractivity contribution in [3.8, 4) is 0 Å². The van der Waals surface area contributed by atoms with Crippen molar-refractivity contribution in [2.45, 2.75) is 19.4 Å². The van der Waals surface area contributed by atoms with Crippen LogP contribution in [0.15, 0.2) is 70.4 Å². The van der Waals surface area contributed by atoms with Crippen molar-refractivity contribution in [1.29, 1.82) is 0 Å². The first-order valence-corrected chi connectivity index (χ1v) is 10.00. The highest BCUT2D eigenvalue weighted by atomic mass is 127. The number of benzene rings is 1. The fraction of sp³-hybridized carbons (Fsp3) is 0.364. The largest absolute Gasteiger partial charge is 0.469 e. The van der Waals surface area contributed by atoms with Crippen LogP contribution in [0.1, 0.15) is 17.9 Å². The Morgan fingerprint density at radius 1 is 1.10 bits per heavy atom. The molecular formula is C22H31IN6O. The maximum Gasteiger partial charge on any atom is 0.191 e. The van der Waals surface area contributed by atoms with E-state index in [1.54, 1.807) is 12.5 Å². The molecule has 30 heavy (non-hydrogen) atoms. The first kappa shape index (κ1) is 23.8. The molecule has 7 nitrogen and oxygen atoms in total. The second-order valence-electron chi connectivity index (χ2n) is 6.90. The Hall–Kier alpha value is -2.49. The SMILES string of the molecule is CN(CCCNC(=NCc1ccnn1C)NCCc1ccco1)c1ccccc1.I. The molecule has 0 amide bonds. The Balaban J connectivity index is 0.00000320. The number of halogens is 1. The number of nitrogens with zero attached hydrogens (tertiary/aromatic N) is 4. The van der Waals surface area contributed by atoms with E-state index < -0.39 is 0 Å². The summed E-state index contributed by atoms with van der Waals surface area (Å²) in [5.41, 5.74) is 2.30. The normalized spacial score (nSPS) is 11.1. The minimum absolute atomic E-state index is 0. The van der Waals surface area contributed by atoms with Crippen LogP contribution in [-0.2, 0) is 20.0 Å². The molecule has 0 aliphatic carbocycles. The van der Waals surface area contributed by atoms with Crippen LogP contribution in [0, 0.1) is 0 Å². The zero-order chi connectivity index (χ0) is 20.3. The molecule has 2 aromatic heterocycles. The van der Waals surface area contributed by atoms with Crippen LogP contribution in [0.5, 0.6) is 0 Å². The number of aliphatic imine (C=N–C) groups is 1. The zero-order valence-electron chi connectivity index (χ0n) is 17.6. The number of guanidine groups is 1. The molecule has 0 saturated carbocycles. The average molecular weight is 522 g/mol. The predicted molar refractivity (Wildman–Crippen MR) is 133 cm³/mol. The quantitative estimate of drug-likeness (QED) is 0.185. The van der Waals surface area contributed by atoms with E-state index in [9.17, 15) is 0 Å². The lowest BCUT2D eigenvalue weighted by Gasteiger charge is -2.19. The van der Waals surface area contributed by atoms with Gasteiger partial charge >= 0.3 is 0 Å². The molecule has 0 aliphatic rings. The third-order valence-corrected chi connectivity index (χ3v) is 4.73. The number of nitrogens with one attached hydrogen (secondary N) is 2. The van der Waals surface area contributed by atoms with E-state index >= 15 is 0 Å². The van der Waals surface area contributed by atoms with Crippen molar-refractivity contribution >= 4 is 35.6 Å². The molecule has 2 heterocycles. The number of aryl methyl sites for hydroxylation is 1. The first-order chi connectivity index (χ1) is 14.2. The predicted octanol–water partition coefficient (Wildman–Crippen LogP) is 3.44. The maximum absolute atomic E-state index is 5.40. The molecule has 0 aliphatic heterocycles. The molecule has 0 saturated heterocycles. The van der Waals surface area contributed by atoms with Gasteiger partial charge in [0.15, 0.2) is 5.96 Å². The van der Waals surface area contributed by atoms with Crippen LogP contribution in [-0.4, -0.2) is 42.4 Å². The molecule has 0 spiro atoms. The smallest absolute Gasteiger partial charge is 0.191 e. The number of furan rings is 1. The summed E-state index contributed by atoms with van der Waals surface area (Å²) in [4.78, 5) is 6.97. The summed E-state index contributed by atoms with van der Waals surface area (Å²) < 4.78 is 7.25. The van der Waals surface area contributed by atoms with Crippen molar-refractivity contribution in [1.82, 2.24) is 20.4 Å². The first-order valence-electron chi connectivity index (χ1n) is 10.00. The molecule has 0 fully saturated rings. The highest BCUT2D eigenvalue weighted by Gasteiger charge is 2.04. The lowest BCUT2D eigenvalue weighted by molar-refractivity contribution is 0.506. The standard InChI is InChI=1S/C22H30N6O.HI/c1-27(19-8-4-3-5-9-19)16-7-13-23-22(24-14-12-21-10-6-17-29-21)25-18-20-11-15-26-28(20)2;/h3-6,8-11,15,17H,7,12-14,16,18H2,1-2H3,(H2,23,24,25);1H. The Morgan fingerprint density at radius 2 is 1.90 bits per heavy atom. The summed E-state index contributed by atoms with van der Waals surface area (Å²) in [5, 5.41) is 11.0. The van der Waals surface area contributed by atoms with Crippen LogP contribution in [0.3, 0.4) is 0 Å². The van der Waals surface area contributed by atoms with Crippen LogP contribution in [0.2, 0.25) is 0 Å². The second kappa shape index (κ2) is 12.9. The van der Waals surface area contributed by atoms with Crippen LogP contribution in [0.25, 0.3) is 0 Å². The lowest BCUT2D eigenvalue weighted by Crippen LogP contribution is -2.39. The van der Waals surface area contributed by atoms with Crippen LogP contribution < -0.4 is 15.5 Å². The highest BCUT2D eigenvalue weighted by molar-refractivity contribution is 14.0. The number of aromatic nitrogens is 2. The van der Waals surface area contributed by atoms with E-state index in [4.69, 9.17) is 9.41 Å². The van der Waals surface area contributed by atoms with Gasteiger partial charge in [0.05, 0.1) is 18.5 Å². The Bertz CT molecular complexity index is 863. The van der Waals surface area contributed by atoms with Gasteiger partial charge in [-0.1, -0.05) is 18.2 Å². The van der Waals surface area contributed by atoms with Gasteiger partial charge in [-0.05, 0) is 36.8 Å². The van der Waals surface area contributed by atoms with Gasteiger partial charge in [0.25, 0.3) is 0 Å². The van der Waals surface area contributed by atoms with Crippen molar-refractivity contribution in [3.63, 3.8) is 0 Å². The van der Waals surface area contributed by atoms with E-state index in [-0.39, 0.29) is 24.0 Å². The van der Waals surface area contributed by atoms with Crippen molar-refractivity contribution in [2.24, 2.45) is 12.0 Å². The van der Waals surface area contributed by atoms with E-state index in [1.165, 1.54) is 5.69 Å². The number of rotatable bonds is 10. The monoisotopic (exact) mass is 522 g/mol. The third kappa shape index (κ3) is 7.74. The minimum atomic E-state index is 0. The van der Waals surface area contributed by atoms with Gasteiger partial charge in [0.1, 0.15) is 5.76 Å². The molecule has 2 N–H and O–H groups in total. The number of hydrogen-bond acceptors (Lipinski definition) is 4. The Labute approximate surface area is 195 Å². The summed E-state index contributed by atoms with van der Waals surface area (Å²) in [6, 6.07) is 16.3. The lowest BCUT2D eigenvalue weighted by atomic mass is 10.3. The molecule has 0 bridgehead atoms. The Morgan fingerprint density at radius 3 is 2.60 bits per heavy atom. The number of hydrogen-bond donors (Lipinski definition) is 2. The molecule has 0 radical (unpaired) electrons. The average Bonchev–Trinajstić information content (AvgIpc) is 3.41. The molecule has 0 unspecified atom stereocenters. The van der Waals surface area contributed by atoms with Gasteiger partial charge in [-0.3, -0.25) is 4.68 Å². The van der Waals surface area contributed by atoms with Gasteiger partial charge in [0.2, 0.25) is 0 Å². The van der Waals surface area contributed by atoms with Crippen molar-refractivity contribution in [3.05, 3.63) is 72.4 Å². The highest BCUT2D eigenvalue weighted by Crippen LogP contribution is 2.10. The van der Waals surface area contributed by atoms with Gasteiger partial charge < -0.3 is 20.0 Å². The van der Waals surface area contributed by atoms with Crippen LogP contribution >= 0.6 is 24.0 Å². The topological polar surface area (TPSA) is 70.6 Å². The van der Waals surface area contributed by atoms with Gasteiger partial charge in [-0.2, -0.15) is 5.10 Å². The van der Waals surface area contributed by atoms with Crippen molar-refractivity contribution in [2.75, 3.05) is 31.6 Å². The van der Waals surface area contributed by atoms with E-state index in [0.29, 0.717) is 6.54 Å². The summed E-state index contributed by atoms with van der Waals surface area (Å²) >= 11 is 0. The second-order valence-corrected chi connectivity index (χ2v) is 6.90. The van der Waals surface area contributed by atoms with E-state index in [1.807, 2.05) is 36.0 Å². The van der Waals surface area contributed by atoms with Crippen LogP contribution in [0.4, 0.5) is 5.69 Å². The molecular weight excluding hydrogens is 491 g/mol. The fourth-order valence-corrected chi connectivity index (χ4v) is 2.98. The summed E-state index contributed by atoms with van der Waals surface area (Å²) in [6.07, 6.45) is 5.32. The minimum Gasteiger partial charge on any atom is -0.469 e. The molecule has 0 atom stereocenters. The van der Waals surface area contributed by atoms with Gasteiger partial charge in [-0.25, -0.2) is 4.99 Å². The van der Waals surface area contributed by atoms with Crippen molar-refractivity contribution < 1.29 is 4.42 Å². The molecule has 162 valence electrons. The molecule has 8 heteroatoms. The third-order valence-electron chi connectivity index (χ3n) is 4.73. The molecule has 3 rings (SSSR count). The number of anilines is 1. The van der Waals surface area contributed by atoms with E-state index in [2.05, 4.69) is 51.9 Å².